The molecule has 0 atom stereocenters. The summed E-state index contributed by atoms with van der Waals surface area (Å²) in [6.45, 7) is 54.0. The van der Waals surface area contributed by atoms with E-state index in [1.807, 2.05) is 68.0 Å². The predicted octanol–water partition coefficient (Wildman–Crippen LogP) is 15.1. The van der Waals surface area contributed by atoms with Crippen LogP contribution >= 0.6 is 0 Å². The number of anilines is 5. The average Bonchev–Trinajstić information content (AvgIpc) is 0.808. The van der Waals surface area contributed by atoms with Gasteiger partial charge in [0.1, 0.15) is 17.5 Å². The molecular formula is C77H116F6N10O. The van der Waals surface area contributed by atoms with Crippen LogP contribution in [0.15, 0.2) is 97.1 Å². The van der Waals surface area contributed by atoms with E-state index < -0.39 is 11.7 Å². The molecule has 0 aliphatic carbocycles. The lowest BCUT2D eigenvalue weighted by atomic mass is 9.85. The van der Waals surface area contributed by atoms with Gasteiger partial charge in [0.25, 0.3) is 0 Å². The average molecular weight is 1310 g/mol. The van der Waals surface area contributed by atoms with Crippen LogP contribution in [0.25, 0.3) is 0 Å². The Morgan fingerprint density at radius 3 is 1.00 bits per heavy atom. The summed E-state index contributed by atoms with van der Waals surface area (Å²) in [6.07, 6.45) is -4.32. The molecule has 5 aliphatic heterocycles. The van der Waals surface area contributed by atoms with Gasteiger partial charge in [0.15, 0.2) is 0 Å². The number of amides is 1. The van der Waals surface area contributed by atoms with E-state index in [1.165, 1.54) is 17.3 Å². The van der Waals surface area contributed by atoms with Crippen LogP contribution in [0.1, 0.15) is 151 Å². The van der Waals surface area contributed by atoms with Gasteiger partial charge in [0.05, 0.1) is 22.6 Å². The van der Waals surface area contributed by atoms with Crippen LogP contribution in [-0.4, -0.2) is 177 Å². The maximum atomic E-state index is 14.3. The lowest BCUT2D eigenvalue weighted by molar-refractivity contribution is -0.137. The second-order valence-electron chi connectivity index (χ2n) is 31.3. The molecule has 10 rings (SSSR count). The number of carbonyl (C=O) groups is 1. The number of rotatable bonds is 6. The van der Waals surface area contributed by atoms with Crippen molar-refractivity contribution in [3.63, 3.8) is 0 Å². The van der Waals surface area contributed by atoms with Crippen LogP contribution < -0.4 is 29.8 Å². The number of carbonyl (C=O) groups excluding carboxylic acids is 1. The van der Waals surface area contributed by atoms with E-state index in [2.05, 4.69) is 173 Å². The Labute approximate surface area is 562 Å². The third-order valence-corrected chi connectivity index (χ3v) is 18.7. The summed E-state index contributed by atoms with van der Waals surface area (Å²) in [5.41, 5.74) is 8.44. The smallest absolute Gasteiger partial charge is 0.368 e. The summed E-state index contributed by atoms with van der Waals surface area (Å²) in [5, 5.41) is 3.28. The zero-order valence-corrected chi connectivity index (χ0v) is 60.8. The molecule has 5 saturated heterocycles. The Bertz CT molecular complexity index is 3150. The number of piperazine rings is 5. The molecule has 0 spiro atoms. The number of halogens is 6. The van der Waals surface area contributed by atoms with Crippen LogP contribution in [0.4, 0.5) is 54.8 Å². The van der Waals surface area contributed by atoms with Crippen LogP contribution in [0.3, 0.4) is 0 Å². The lowest BCUT2D eigenvalue weighted by Gasteiger charge is -2.36. The summed E-state index contributed by atoms with van der Waals surface area (Å²) >= 11 is 0. The molecule has 0 radical (unpaired) electrons. The van der Waals surface area contributed by atoms with E-state index in [4.69, 9.17) is 0 Å². The summed E-state index contributed by atoms with van der Waals surface area (Å²) in [5.74, 6) is -0.0913. The van der Waals surface area contributed by atoms with Crippen molar-refractivity contribution in [1.82, 2.24) is 24.9 Å². The zero-order valence-electron chi connectivity index (χ0n) is 60.8. The molecule has 0 aromatic heterocycles. The van der Waals surface area contributed by atoms with Crippen LogP contribution in [0.5, 0.6) is 0 Å². The molecule has 1 amide bonds. The van der Waals surface area contributed by atoms with Crippen LogP contribution in [0, 0.1) is 17.5 Å². The lowest BCUT2D eigenvalue weighted by Crippen LogP contribution is -2.48. The quantitative estimate of drug-likeness (QED) is 0.166. The molecule has 0 bridgehead atoms. The van der Waals surface area contributed by atoms with E-state index in [9.17, 15) is 31.1 Å². The summed E-state index contributed by atoms with van der Waals surface area (Å²) in [7, 11) is 4.10. The largest absolute Gasteiger partial charge is 0.418 e. The normalized spacial score (nSPS) is 17.6. The van der Waals surface area contributed by atoms with Crippen molar-refractivity contribution in [2.45, 2.75) is 151 Å². The topological polar surface area (TPSA) is 58.3 Å². The molecule has 11 nitrogen and oxygen atoms in total. The minimum atomic E-state index is -4.32. The van der Waals surface area contributed by atoms with Gasteiger partial charge in [-0.2, -0.15) is 13.2 Å². The first kappa shape index (κ1) is 77.0. The highest BCUT2D eigenvalue weighted by molar-refractivity contribution is 5.73. The molecule has 5 fully saturated rings. The fraction of sp³-hybridized carbons (Fsp3) is 0.597. The van der Waals surface area contributed by atoms with Gasteiger partial charge in [0.2, 0.25) is 5.91 Å². The Hall–Kier alpha value is -6.01. The molecule has 0 unspecified atom stereocenters. The number of likely N-dealkylation sites (N-methyl/N-ethyl adjacent to an activating group) is 3. The standard InChI is InChI=1S/C16H23F3N2.C16H25FN2.C16H24N2O.C15H23FN2.C14H21FN2/c1-15(2,3)12-5-6-14(13(11-12)16(17,18)19)21-9-7-20(4)8-10-21;1-5-18-8-10-19(11-9-18)15-7-6-13(12-14(15)17)16(2,3)4;1-13(19)17-9-11-18(12-10-17)15-7-5-14(6-8-15)16(2,3)4;1-15(2,3)12-5-6-14(13(16)11-12)18-9-7-17(4)8-10-18;1-14(2,3)11-4-5-13(12(15)10-11)17-8-6-16-7-9-17/h5-6,11H,7-10H2,1-4H3;6-7,12H,5,8-11H2,1-4H3;5-8H,9-12H2,1-4H3;5-6,11H,7-10H2,1-4H3;4-5,10,16H,6-9H2,1-3H3. The SMILES string of the molecule is CC(=O)N1CCN(c2ccc(C(C)(C)C)cc2)CC1.CC(C)(C)c1ccc(N2CCNCC2)c(F)c1.CCN1CCN(c2ccc(C(C)(C)C)cc2F)CC1.CN1CCN(c2ccc(C(C)(C)C)cc2C(F)(F)F)CC1.CN1CCN(c2ccc(C(C)(C)C)cc2F)CC1. The van der Waals surface area contributed by atoms with Crippen molar-refractivity contribution >= 4 is 34.3 Å². The first-order valence-electron chi connectivity index (χ1n) is 34.3. The third-order valence-electron chi connectivity index (χ3n) is 18.7. The van der Waals surface area contributed by atoms with Gasteiger partial charge in [-0.3, -0.25) is 4.79 Å². The van der Waals surface area contributed by atoms with E-state index in [-0.39, 0.29) is 50.4 Å². The first-order chi connectivity index (χ1) is 43.7. The first-order valence-corrected chi connectivity index (χ1v) is 34.3. The van der Waals surface area contributed by atoms with Crippen molar-refractivity contribution in [2.75, 3.05) is 176 Å². The molecule has 5 aromatic rings. The highest BCUT2D eigenvalue weighted by atomic mass is 19.4. The summed E-state index contributed by atoms with van der Waals surface area (Å²) < 4.78 is 82.8. The second kappa shape index (κ2) is 32.8. The van der Waals surface area contributed by atoms with Crippen molar-refractivity contribution in [3.05, 3.63) is 148 Å². The molecule has 17 heteroatoms. The van der Waals surface area contributed by atoms with Crippen molar-refractivity contribution < 1.29 is 31.1 Å². The van der Waals surface area contributed by atoms with E-state index >= 15 is 0 Å². The summed E-state index contributed by atoms with van der Waals surface area (Å²) in [4.78, 5) is 30.6. The molecule has 5 aromatic carbocycles. The Balaban J connectivity index is 0.000000186. The van der Waals surface area contributed by atoms with Crippen LogP contribution in [0.2, 0.25) is 0 Å². The molecule has 94 heavy (non-hydrogen) atoms. The fourth-order valence-corrected chi connectivity index (χ4v) is 12.0. The highest BCUT2D eigenvalue weighted by Crippen LogP contribution is 2.40. The highest BCUT2D eigenvalue weighted by Gasteiger charge is 2.37. The van der Waals surface area contributed by atoms with Gasteiger partial charge in [0, 0.05) is 149 Å². The molecule has 0 saturated carbocycles. The molecule has 522 valence electrons. The summed E-state index contributed by atoms with van der Waals surface area (Å²) in [6, 6.07) is 30.6. The van der Waals surface area contributed by atoms with E-state index in [0.29, 0.717) is 24.3 Å². The number of hydrogen-bond donors (Lipinski definition) is 1. The number of nitrogens with zero attached hydrogens (tertiary/aromatic N) is 9. The zero-order chi connectivity index (χ0) is 69.7. The molecule has 5 heterocycles. The molecule has 5 aliphatic rings. The number of benzene rings is 5. The predicted molar refractivity (Wildman–Crippen MR) is 384 cm³/mol. The van der Waals surface area contributed by atoms with Crippen LogP contribution in [-0.2, 0) is 38.0 Å². The Morgan fingerprint density at radius 1 is 0.383 bits per heavy atom. The maximum Gasteiger partial charge on any atom is 0.418 e. The van der Waals surface area contributed by atoms with Gasteiger partial charge in [-0.25, -0.2) is 13.2 Å². The molecule has 1 N–H and O–H groups in total. The second-order valence-corrected chi connectivity index (χ2v) is 31.3. The minimum Gasteiger partial charge on any atom is -0.368 e. The van der Waals surface area contributed by atoms with Gasteiger partial charge >= 0.3 is 6.18 Å². The van der Waals surface area contributed by atoms with Crippen molar-refractivity contribution in [3.8, 4) is 0 Å². The number of alkyl halides is 3. The van der Waals surface area contributed by atoms with E-state index in [1.54, 1.807) is 31.2 Å². The van der Waals surface area contributed by atoms with E-state index in [0.717, 1.165) is 158 Å². The van der Waals surface area contributed by atoms with Crippen molar-refractivity contribution in [2.24, 2.45) is 0 Å². The Kier molecular flexibility index (Phi) is 26.9. The number of nitrogens with one attached hydrogen (secondary N) is 1. The van der Waals surface area contributed by atoms with Crippen molar-refractivity contribution in [1.29, 1.82) is 0 Å². The fourth-order valence-electron chi connectivity index (χ4n) is 12.0. The Morgan fingerprint density at radius 2 is 0.681 bits per heavy atom. The monoisotopic (exact) mass is 1310 g/mol. The van der Waals surface area contributed by atoms with Gasteiger partial charge < -0.3 is 49.4 Å². The van der Waals surface area contributed by atoms with Gasteiger partial charge in [-0.15, -0.1) is 0 Å². The molecular weight excluding hydrogens is 1190 g/mol. The third kappa shape index (κ3) is 22.5. The maximum absolute atomic E-state index is 14.3. The minimum absolute atomic E-state index is 0.000276. The van der Waals surface area contributed by atoms with Gasteiger partial charge in [-0.05, 0) is 136 Å². The van der Waals surface area contributed by atoms with Gasteiger partial charge in [-0.1, -0.05) is 147 Å². The number of hydrogen-bond acceptors (Lipinski definition) is 10.